The van der Waals surface area contributed by atoms with Crippen molar-refractivity contribution >= 4 is 12.2 Å². The second-order valence-corrected chi connectivity index (χ2v) is 18.3. The van der Waals surface area contributed by atoms with Crippen LogP contribution in [0.4, 0.5) is 9.59 Å². The SMILES string of the molecule is CC(C)[C@@H](OC(=O)N1CCC1)[C@H]1C[C@@H](C)[C@H]2[C@H](O1)[C@H](O)[C@@]1(C)[C@@H]3CC[C@H]4C(C)(C)[C@@H](OC(=O)N(C)C)CC[C@@]45C[C@@]35CC[C@]21C. The molecule has 2 saturated heterocycles. The second kappa shape index (κ2) is 10.2. The summed E-state index contributed by atoms with van der Waals surface area (Å²) in [6.45, 7) is 17.8. The van der Waals surface area contributed by atoms with Crippen molar-refractivity contribution in [2.75, 3.05) is 27.2 Å². The maximum Gasteiger partial charge on any atom is 0.410 e. The lowest BCUT2D eigenvalue weighted by Gasteiger charge is -2.63. The Morgan fingerprint density at radius 3 is 2.27 bits per heavy atom. The Kier molecular flexibility index (Phi) is 7.28. The van der Waals surface area contributed by atoms with E-state index in [9.17, 15) is 14.7 Å². The van der Waals surface area contributed by atoms with E-state index >= 15 is 0 Å². The van der Waals surface area contributed by atoms with Crippen molar-refractivity contribution in [2.24, 2.45) is 56.7 Å². The summed E-state index contributed by atoms with van der Waals surface area (Å²) in [7, 11) is 3.53. The Hall–Kier alpha value is -1.54. The topological polar surface area (TPSA) is 88.5 Å². The largest absolute Gasteiger partial charge is 0.446 e. The Labute approximate surface area is 271 Å². The normalized spacial score (nSPS) is 49.7. The first-order valence-corrected chi connectivity index (χ1v) is 18.2. The number of fused-ring (bicyclic) bond motifs is 4. The molecule has 2 heterocycles. The van der Waals surface area contributed by atoms with Gasteiger partial charge in [-0.1, -0.05) is 48.5 Å². The third-order valence-electron chi connectivity index (χ3n) is 15.7. The number of likely N-dealkylation sites (tertiary alicyclic amines) is 1. The van der Waals surface area contributed by atoms with Crippen molar-refractivity contribution in [2.45, 2.75) is 137 Å². The highest BCUT2D eigenvalue weighted by Crippen LogP contribution is 2.89. The van der Waals surface area contributed by atoms with Crippen LogP contribution in [0.25, 0.3) is 0 Å². The first-order chi connectivity index (χ1) is 21.0. The van der Waals surface area contributed by atoms with E-state index in [0.717, 1.165) is 58.0 Å². The molecule has 7 aliphatic rings. The van der Waals surface area contributed by atoms with Gasteiger partial charge in [-0.3, -0.25) is 0 Å². The summed E-state index contributed by atoms with van der Waals surface area (Å²) in [6, 6.07) is 0. The minimum Gasteiger partial charge on any atom is -0.446 e. The van der Waals surface area contributed by atoms with E-state index in [4.69, 9.17) is 14.2 Å². The zero-order valence-corrected chi connectivity index (χ0v) is 29.4. The Bertz CT molecular complexity index is 1220. The molecule has 7 fully saturated rings. The number of carbonyl (C=O) groups is 2. The molecule has 0 radical (unpaired) electrons. The van der Waals surface area contributed by atoms with E-state index in [-0.39, 0.29) is 75.5 Å². The van der Waals surface area contributed by atoms with Gasteiger partial charge in [-0.2, -0.15) is 0 Å². The fourth-order valence-corrected chi connectivity index (χ4v) is 13.3. The van der Waals surface area contributed by atoms with Crippen molar-refractivity contribution in [1.82, 2.24) is 9.80 Å². The number of aliphatic hydroxyl groups excluding tert-OH is 1. The molecule has 0 aromatic rings. The number of nitrogens with zero attached hydrogens (tertiary/aromatic N) is 2. The molecule has 8 heteroatoms. The zero-order chi connectivity index (χ0) is 32.5. The van der Waals surface area contributed by atoms with E-state index in [0.29, 0.717) is 17.8 Å². The molecule has 5 saturated carbocycles. The minimum atomic E-state index is -0.543. The van der Waals surface area contributed by atoms with Gasteiger partial charge in [0.05, 0.1) is 18.3 Å². The van der Waals surface area contributed by atoms with E-state index in [2.05, 4.69) is 48.5 Å². The van der Waals surface area contributed by atoms with Gasteiger partial charge >= 0.3 is 12.2 Å². The van der Waals surface area contributed by atoms with E-state index in [1.54, 1.807) is 23.9 Å². The lowest BCUT2D eigenvalue weighted by molar-refractivity contribution is -0.185. The first kappa shape index (κ1) is 32.0. The summed E-state index contributed by atoms with van der Waals surface area (Å²) in [4.78, 5) is 28.8. The lowest BCUT2D eigenvalue weighted by atomic mass is 9.41. The monoisotopic (exact) mass is 628 g/mol. The third kappa shape index (κ3) is 4.08. The average molecular weight is 629 g/mol. The van der Waals surface area contributed by atoms with Crippen LogP contribution >= 0.6 is 0 Å². The number of hydrogen-bond acceptors (Lipinski definition) is 6. The lowest BCUT2D eigenvalue weighted by Crippen LogP contribution is -2.60. The molecule has 5 aliphatic carbocycles. The molecule has 0 aromatic carbocycles. The van der Waals surface area contributed by atoms with Gasteiger partial charge in [0, 0.05) is 38.0 Å². The van der Waals surface area contributed by atoms with Crippen LogP contribution in [0.2, 0.25) is 0 Å². The predicted molar refractivity (Wildman–Crippen MR) is 171 cm³/mol. The van der Waals surface area contributed by atoms with Gasteiger partial charge in [0.2, 0.25) is 0 Å². The van der Waals surface area contributed by atoms with Crippen molar-refractivity contribution in [3.8, 4) is 0 Å². The predicted octanol–water partition coefficient (Wildman–Crippen LogP) is 6.73. The van der Waals surface area contributed by atoms with Crippen LogP contribution in [0, 0.1) is 56.7 Å². The summed E-state index contributed by atoms with van der Waals surface area (Å²) in [5, 5.41) is 12.6. The quantitative estimate of drug-likeness (QED) is 0.371. The molecule has 13 atom stereocenters. The van der Waals surface area contributed by atoms with Gasteiger partial charge in [0.25, 0.3) is 0 Å². The van der Waals surface area contributed by atoms with E-state index < -0.39 is 6.10 Å². The standard InChI is InChI=1S/C37H60N2O6/c1-21(2)28(45-32(42)39-17-10-18-39)23-19-22(3)27-29(43-23)30(40)35(7)25-12-11-24-33(4,5)26(44-31(41)38(8)9)13-14-36(24)20-37(25,36)16-15-34(27,35)6/h21-30,40H,10-20H2,1-9H3/t22-,23-,24+,25+,26+,27+,28-,29+,30+,34-,35-,36-,37+/m1/s1. The zero-order valence-electron chi connectivity index (χ0n) is 29.4. The molecule has 45 heavy (non-hydrogen) atoms. The maximum absolute atomic E-state index is 12.9. The minimum absolute atomic E-state index is 0.0103. The number of amides is 2. The van der Waals surface area contributed by atoms with Crippen LogP contribution in [-0.2, 0) is 14.2 Å². The van der Waals surface area contributed by atoms with Crippen LogP contribution in [0.15, 0.2) is 0 Å². The molecular formula is C37H60N2O6. The molecule has 2 spiro atoms. The molecule has 2 amide bonds. The summed E-state index contributed by atoms with van der Waals surface area (Å²) < 4.78 is 19.2. The summed E-state index contributed by atoms with van der Waals surface area (Å²) in [5.74, 6) is 1.78. The highest BCUT2D eigenvalue weighted by molar-refractivity contribution is 5.68. The van der Waals surface area contributed by atoms with Crippen molar-refractivity contribution in [3.63, 3.8) is 0 Å². The highest BCUT2D eigenvalue weighted by Gasteiger charge is 2.84. The average Bonchev–Trinajstić information content (AvgIpc) is 3.56. The third-order valence-corrected chi connectivity index (χ3v) is 15.7. The Morgan fingerprint density at radius 1 is 0.978 bits per heavy atom. The summed E-state index contributed by atoms with van der Waals surface area (Å²) in [6.07, 6.45) is 7.99. The number of carbonyl (C=O) groups excluding carboxylic acids is 2. The number of hydrogen-bond donors (Lipinski definition) is 1. The van der Waals surface area contributed by atoms with Gasteiger partial charge < -0.3 is 29.1 Å². The highest BCUT2D eigenvalue weighted by atomic mass is 16.6. The Balaban J connectivity index is 1.15. The van der Waals surface area contributed by atoms with Crippen LogP contribution in [0.1, 0.15) is 106 Å². The van der Waals surface area contributed by atoms with Crippen LogP contribution in [-0.4, -0.2) is 84.8 Å². The van der Waals surface area contributed by atoms with Crippen molar-refractivity contribution in [1.29, 1.82) is 0 Å². The molecule has 0 unspecified atom stereocenters. The van der Waals surface area contributed by atoms with Crippen LogP contribution in [0.3, 0.4) is 0 Å². The van der Waals surface area contributed by atoms with Gasteiger partial charge in [-0.15, -0.1) is 0 Å². The fraction of sp³-hybridized carbons (Fsp3) is 0.946. The van der Waals surface area contributed by atoms with E-state index in [1.807, 2.05) is 0 Å². The number of rotatable bonds is 4. The smallest absolute Gasteiger partial charge is 0.410 e. The van der Waals surface area contributed by atoms with Gasteiger partial charge in [-0.05, 0) is 104 Å². The summed E-state index contributed by atoms with van der Waals surface area (Å²) >= 11 is 0. The van der Waals surface area contributed by atoms with Crippen LogP contribution in [0.5, 0.6) is 0 Å². The Morgan fingerprint density at radius 2 is 1.64 bits per heavy atom. The van der Waals surface area contributed by atoms with Crippen LogP contribution < -0.4 is 0 Å². The summed E-state index contributed by atoms with van der Waals surface area (Å²) in [5.41, 5.74) is 0.206. The molecule has 2 aliphatic heterocycles. The van der Waals surface area contributed by atoms with E-state index in [1.165, 1.54) is 12.8 Å². The number of ether oxygens (including phenoxy) is 3. The van der Waals surface area contributed by atoms with Gasteiger partial charge in [0.1, 0.15) is 12.2 Å². The molecule has 1 N–H and O–H groups in total. The molecule has 8 nitrogen and oxygen atoms in total. The van der Waals surface area contributed by atoms with Gasteiger partial charge in [-0.25, -0.2) is 9.59 Å². The molecule has 0 aromatic heterocycles. The molecule has 7 rings (SSSR count). The first-order valence-electron chi connectivity index (χ1n) is 18.2. The second-order valence-electron chi connectivity index (χ2n) is 18.3. The molecular weight excluding hydrogens is 568 g/mol. The van der Waals surface area contributed by atoms with Crippen molar-refractivity contribution in [3.05, 3.63) is 0 Å². The van der Waals surface area contributed by atoms with Gasteiger partial charge in [0.15, 0.2) is 0 Å². The molecule has 0 bridgehead atoms. The fourth-order valence-electron chi connectivity index (χ4n) is 13.3. The van der Waals surface area contributed by atoms with Crippen molar-refractivity contribution < 1.29 is 28.9 Å². The maximum atomic E-state index is 12.9. The molecule has 254 valence electrons. The number of aliphatic hydroxyl groups is 1.